The minimum absolute atomic E-state index is 0.0327. The minimum Gasteiger partial charge on any atom is -0.481 e. The van der Waals surface area contributed by atoms with E-state index in [-0.39, 0.29) is 12.4 Å². The van der Waals surface area contributed by atoms with Crippen LogP contribution < -0.4 is 9.54 Å². The van der Waals surface area contributed by atoms with Gasteiger partial charge in [0.1, 0.15) is 0 Å². The van der Waals surface area contributed by atoms with Crippen LogP contribution in [0.4, 0.5) is 4.39 Å². The fourth-order valence-electron chi connectivity index (χ4n) is 2.28. The van der Waals surface area contributed by atoms with Gasteiger partial charge in [-0.1, -0.05) is 45.5 Å². The standard InChI is InChI=1S/C18H14BrFN2O2S/c1-2-9-22-14-8-7-12(19)10-16(14)25-18(22)21-17(23)11-24-15-6-4-3-5-13(15)20/h2-8,10H,1,9,11H2. The Balaban J connectivity index is 1.89. The highest BCUT2D eigenvalue weighted by molar-refractivity contribution is 9.10. The SMILES string of the molecule is C=CCn1c(=NC(=O)COc2ccccc2F)sc2cc(Br)ccc21. The summed E-state index contributed by atoms with van der Waals surface area (Å²) < 4.78 is 22.6. The molecule has 7 heteroatoms. The quantitative estimate of drug-likeness (QED) is 0.577. The van der Waals surface area contributed by atoms with Crippen LogP contribution in [0.15, 0.2) is 64.6 Å². The first-order valence-electron chi connectivity index (χ1n) is 7.43. The van der Waals surface area contributed by atoms with Gasteiger partial charge in [-0.2, -0.15) is 4.99 Å². The molecule has 3 rings (SSSR count). The predicted molar refractivity (Wildman–Crippen MR) is 100 cm³/mol. The molecule has 1 heterocycles. The fourth-order valence-corrected chi connectivity index (χ4v) is 3.89. The second kappa shape index (κ2) is 7.76. The molecule has 2 aromatic carbocycles. The third kappa shape index (κ3) is 4.05. The molecule has 0 spiro atoms. The molecule has 0 fully saturated rings. The number of rotatable bonds is 5. The van der Waals surface area contributed by atoms with Crippen molar-refractivity contribution in [3.05, 3.63) is 70.2 Å². The average molecular weight is 421 g/mol. The van der Waals surface area contributed by atoms with Crippen LogP contribution in [0.5, 0.6) is 5.75 Å². The number of fused-ring (bicyclic) bond motifs is 1. The smallest absolute Gasteiger partial charge is 0.286 e. The summed E-state index contributed by atoms with van der Waals surface area (Å²) in [5, 5.41) is 0. The minimum atomic E-state index is -0.510. The van der Waals surface area contributed by atoms with E-state index in [0.29, 0.717) is 11.3 Å². The molecule has 0 radical (unpaired) electrons. The molecule has 0 atom stereocenters. The lowest BCUT2D eigenvalue weighted by Crippen LogP contribution is -2.19. The van der Waals surface area contributed by atoms with E-state index < -0.39 is 11.7 Å². The zero-order chi connectivity index (χ0) is 17.8. The molecule has 0 saturated carbocycles. The Morgan fingerprint density at radius 1 is 1.36 bits per heavy atom. The summed E-state index contributed by atoms with van der Waals surface area (Å²) in [6.45, 7) is 3.95. The number of nitrogens with zero attached hydrogens (tertiary/aromatic N) is 2. The zero-order valence-electron chi connectivity index (χ0n) is 13.1. The molecule has 0 unspecified atom stereocenters. The van der Waals surface area contributed by atoms with Gasteiger partial charge >= 0.3 is 0 Å². The topological polar surface area (TPSA) is 43.6 Å². The van der Waals surface area contributed by atoms with Crippen molar-refractivity contribution in [3.8, 4) is 5.75 Å². The Kier molecular flexibility index (Phi) is 5.45. The monoisotopic (exact) mass is 420 g/mol. The van der Waals surface area contributed by atoms with E-state index in [1.165, 1.54) is 23.5 Å². The maximum Gasteiger partial charge on any atom is 0.286 e. The third-order valence-electron chi connectivity index (χ3n) is 3.36. The number of hydrogen-bond acceptors (Lipinski definition) is 3. The first-order valence-corrected chi connectivity index (χ1v) is 9.04. The Morgan fingerprint density at radius 2 is 2.16 bits per heavy atom. The molecule has 0 N–H and O–H groups in total. The summed E-state index contributed by atoms with van der Waals surface area (Å²) >= 11 is 4.84. The highest BCUT2D eigenvalue weighted by atomic mass is 79.9. The lowest BCUT2D eigenvalue weighted by atomic mass is 10.3. The number of thiazole rings is 1. The number of para-hydroxylation sites is 1. The van der Waals surface area contributed by atoms with Gasteiger partial charge in [0.15, 0.2) is 23.0 Å². The Morgan fingerprint density at radius 3 is 2.92 bits per heavy atom. The summed E-state index contributed by atoms with van der Waals surface area (Å²) in [5.74, 6) is -0.958. The van der Waals surface area contributed by atoms with E-state index in [2.05, 4.69) is 27.5 Å². The Hall–Kier alpha value is -2.25. The number of amides is 1. The van der Waals surface area contributed by atoms with Gasteiger partial charge in [-0.25, -0.2) is 4.39 Å². The van der Waals surface area contributed by atoms with E-state index in [4.69, 9.17) is 4.74 Å². The largest absolute Gasteiger partial charge is 0.481 e. The molecule has 0 aliphatic rings. The molecule has 25 heavy (non-hydrogen) atoms. The molecule has 4 nitrogen and oxygen atoms in total. The number of hydrogen-bond donors (Lipinski definition) is 0. The molecule has 1 aromatic heterocycles. The van der Waals surface area contributed by atoms with Gasteiger partial charge in [0, 0.05) is 11.0 Å². The fraction of sp³-hybridized carbons (Fsp3) is 0.111. The number of allylic oxidation sites excluding steroid dienone is 1. The molecule has 0 aliphatic carbocycles. The lowest BCUT2D eigenvalue weighted by Gasteiger charge is -2.04. The van der Waals surface area contributed by atoms with Crippen molar-refractivity contribution < 1.29 is 13.9 Å². The van der Waals surface area contributed by atoms with Crippen LogP contribution >= 0.6 is 27.3 Å². The van der Waals surface area contributed by atoms with Gasteiger partial charge in [0.05, 0.1) is 10.2 Å². The van der Waals surface area contributed by atoms with Gasteiger partial charge in [-0.15, -0.1) is 6.58 Å². The number of carbonyl (C=O) groups is 1. The van der Waals surface area contributed by atoms with Crippen LogP contribution in [0.2, 0.25) is 0 Å². The van der Waals surface area contributed by atoms with Crippen molar-refractivity contribution in [1.82, 2.24) is 4.57 Å². The van der Waals surface area contributed by atoms with Crippen LogP contribution in [0.1, 0.15) is 0 Å². The zero-order valence-corrected chi connectivity index (χ0v) is 15.5. The molecular weight excluding hydrogens is 407 g/mol. The molecule has 3 aromatic rings. The van der Waals surface area contributed by atoms with Crippen molar-refractivity contribution in [2.24, 2.45) is 4.99 Å². The lowest BCUT2D eigenvalue weighted by molar-refractivity contribution is -0.120. The number of halogens is 2. The average Bonchev–Trinajstić information content (AvgIpc) is 2.91. The second-order valence-electron chi connectivity index (χ2n) is 5.12. The van der Waals surface area contributed by atoms with E-state index in [1.54, 1.807) is 18.2 Å². The van der Waals surface area contributed by atoms with Crippen molar-refractivity contribution in [2.75, 3.05) is 6.61 Å². The molecule has 1 amide bonds. The predicted octanol–water partition coefficient (Wildman–Crippen LogP) is 4.30. The summed E-state index contributed by atoms with van der Waals surface area (Å²) in [6.07, 6.45) is 1.74. The van der Waals surface area contributed by atoms with E-state index >= 15 is 0 Å². The van der Waals surface area contributed by atoms with E-state index in [9.17, 15) is 9.18 Å². The normalized spacial score (nSPS) is 11.7. The number of benzene rings is 2. The molecule has 128 valence electrons. The van der Waals surface area contributed by atoms with Gasteiger partial charge in [0.25, 0.3) is 5.91 Å². The van der Waals surface area contributed by atoms with E-state index in [1.807, 2.05) is 22.8 Å². The third-order valence-corrected chi connectivity index (χ3v) is 4.90. The van der Waals surface area contributed by atoms with Crippen molar-refractivity contribution in [1.29, 1.82) is 0 Å². The second-order valence-corrected chi connectivity index (χ2v) is 7.05. The van der Waals surface area contributed by atoms with E-state index in [0.717, 1.165) is 14.7 Å². The Bertz CT molecular complexity index is 1010. The van der Waals surface area contributed by atoms with Gasteiger partial charge in [-0.3, -0.25) is 4.79 Å². The Labute approximate surface area is 156 Å². The maximum atomic E-state index is 13.5. The summed E-state index contributed by atoms with van der Waals surface area (Å²) in [5.41, 5.74) is 0.967. The van der Waals surface area contributed by atoms with Gasteiger partial charge in [0.2, 0.25) is 0 Å². The molecule has 0 saturated heterocycles. The van der Waals surface area contributed by atoms with Crippen LogP contribution in [-0.4, -0.2) is 17.1 Å². The number of carbonyl (C=O) groups excluding carboxylic acids is 1. The molecule has 0 bridgehead atoms. The van der Waals surface area contributed by atoms with Crippen LogP contribution in [0.25, 0.3) is 10.2 Å². The van der Waals surface area contributed by atoms with Crippen molar-refractivity contribution in [3.63, 3.8) is 0 Å². The maximum absolute atomic E-state index is 13.5. The van der Waals surface area contributed by atoms with Crippen LogP contribution in [-0.2, 0) is 11.3 Å². The van der Waals surface area contributed by atoms with Crippen molar-refractivity contribution in [2.45, 2.75) is 6.54 Å². The summed E-state index contributed by atoms with van der Waals surface area (Å²) in [6, 6.07) is 11.8. The van der Waals surface area contributed by atoms with Gasteiger partial charge in [-0.05, 0) is 30.3 Å². The van der Waals surface area contributed by atoms with Crippen LogP contribution in [0.3, 0.4) is 0 Å². The highest BCUT2D eigenvalue weighted by Crippen LogP contribution is 2.22. The number of ether oxygens (including phenoxy) is 1. The molecule has 0 aliphatic heterocycles. The van der Waals surface area contributed by atoms with Crippen molar-refractivity contribution >= 4 is 43.4 Å². The van der Waals surface area contributed by atoms with Gasteiger partial charge < -0.3 is 9.30 Å². The highest BCUT2D eigenvalue weighted by Gasteiger charge is 2.09. The summed E-state index contributed by atoms with van der Waals surface area (Å²) in [7, 11) is 0. The van der Waals surface area contributed by atoms with Crippen LogP contribution in [0, 0.1) is 5.82 Å². The number of aromatic nitrogens is 1. The first-order chi connectivity index (χ1) is 12.1. The first kappa shape index (κ1) is 17.6. The molecular formula is C18H14BrFN2O2S. The summed E-state index contributed by atoms with van der Waals surface area (Å²) in [4.78, 5) is 16.8.